The van der Waals surface area contributed by atoms with Crippen molar-refractivity contribution in [3.05, 3.63) is 113 Å². The van der Waals surface area contributed by atoms with Crippen LogP contribution in [0, 0.1) is 0 Å². The molecule has 1 atom stereocenters. The van der Waals surface area contributed by atoms with E-state index in [2.05, 4.69) is 6.92 Å². The number of likely N-dealkylation sites (tertiary alicyclic amines) is 1. The highest BCUT2D eigenvalue weighted by Gasteiger charge is 2.45. The number of rotatable bonds is 6. The van der Waals surface area contributed by atoms with Gasteiger partial charge in [-0.15, -0.1) is 0 Å². The largest absolute Gasteiger partial charge is 0.507 e. The van der Waals surface area contributed by atoms with Gasteiger partial charge in [-0.2, -0.15) is 0 Å². The van der Waals surface area contributed by atoms with E-state index in [4.69, 9.17) is 0 Å². The number of hydrogen-bond donors (Lipinski definition) is 1. The summed E-state index contributed by atoms with van der Waals surface area (Å²) in [6, 6.07) is 26.1. The van der Waals surface area contributed by atoms with Crippen molar-refractivity contribution in [3.63, 3.8) is 0 Å². The van der Waals surface area contributed by atoms with Crippen LogP contribution in [0.4, 0.5) is 0 Å². The number of carbonyl (C=O) groups is 2. The Hall–Kier alpha value is -3.66. The maximum Gasteiger partial charge on any atom is 0.295 e. The molecule has 0 saturated carbocycles. The van der Waals surface area contributed by atoms with Crippen LogP contribution in [0.3, 0.4) is 0 Å². The second-order valence-corrected chi connectivity index (χ2v) is 7.69. The number of Topliss-reactive ketones (excluding diaryl/α,β-unsaturated/α-hetero) is 1. The van der Waals surface area contributed by atoms with Gasteiger partial charge < -0.3 is 10.0 Å². The van der Waals surface area contributed by atoms with E-state index in [1.165, 1.54) is 5.56 Å². The van der Waals surface area contributed by atoms with E-state index in [0.29, 0.717) is 18.5 Å². The molecular formula is C27H25NO3. The van der Waals surface area contributed by atoms with Crippen LogP contribution >= 0.6 is 0 Å². The molecule has 0 spiro atoms. The number of hydrogen-bond acceptors (Lipinski definition) is 3. The summed E-state index contributed by atoms with van der Waals surface area (Å²) < 4.78 is 0. The zero-order valence-electron chi connectivity index (χ0n) is 17.5. The van der Waals surface area contributed by atoms with Crippen LogP contribution in [-0.4, -0.2) is 28.2 Å². The van der Waals surface area contributed by atoms with E-state index in [9.17, 15) is 14.7 Å². The second-order valence-electron chi connectivity index (χ2n) is 7.69. The van der Waals surface area contributed by atoms with E-state index < -0.39 is 17.7 Å². The lowest BCUT2D eigenvalue weighted by Crippen LogP contribution is -2.31. The van der Waals surface area contributed by atoms with Gasteiger partial charge in [-0.25, -0.2) is 0 Å². The average molecular weight is 412 g/mol. The van der Waals surface area contributed by atoms with Gasteiger partial charge in [0.25, 0.3) is 11.7 Å². The van der Waals surface area contributed by atoms with Crippen LogP contribution in [-0.2, 0) is 22.4 Å². The van der Waals surface area contributed by atoms with Gasteiger partial charge in [-0.3, -0.25) is 9.59 Å². The van der Waals surface area contributed by atoms with Gasteiger partial charge in [0.15, 0.2) is 0 Å². The van der Waals surface area contributed by atoms with Crippen LogP contribution in [0.25, 0.3) is 5.76 Å². The lowest BCUT2D eigenvalue weighted by Gasteiger charge is -2.25. The molecule has 1 amide bonds. The minimum absolute atomic E-state index is 0.134. The fourth-order valence-corrected chi connectivity index (χ4v) is 4.04. The highest BCUT2D eigenvalue weighted by Crippen LogP contribution is 2.39. The van der Waals surface area contributed by atoms with E-state index in [1.54, 1.807) is 29.2 Å². The first-order chi connectivity index (χ1) is 15.1. The Balaban J connectivity index is 1.77. The fraction of sp³-hybridized carbons (Fsp3) is 0.185. The van der Waals surface area contributed by atoms with Crippen LogP contribution in [0.1, 0.15) is 35.2 Å². The van der Waals surface area contributed by atoms with Crippen molar-refractivity contribution < 1.29 is 14.7 Å². The molecule has 4 rings (SSSR count). The highest BCUT2D eigenvalue weighted by atomic mass is 16.3. The molecule has 156 valence electrons. The molecule has 1 aliphatic heterocycles. The quantitative estimate of drug-likeness (QED) is 0.356. The number of amides is 1. The smallest absolute Gasteiger partial charge is 0.295 e. The van der Waals surface area contributed by atoms with Crippen molar-refractivity contribution in [2.75, 3.05) is 6.54 Å². The standard InChI is InChI=1S/C27H25NO3/c1-2-19-13-15-21(16-14-19)24-23(25(29)22-11-7-4-8-12-22)26(30)27(31)28(24)18-17-20-9-5-3-6-10-20/h3-16,24,29H,2,17-18H2,1H3/b25-23+. The van der Waals surface area contributed by atoms with Crippen LogP contribution in [0.15, 0.2) is 90.5 Å². The molecule has 1 fully saturated rings. The Morgan fingerprint density at radius 1 is 0.839 bits per heavy atom. The van der Waals surface area contributed by atoms with E-state index in [0.717, 1.165) is 17.5 Å². The van der Waals surface area contributed by atoms with E-state index >= 15 is 0 Å². The number of benzene rings is 3. The summed E-state index contributed by atoms with van der Waals surface area (Å²) in [6.07, 6.45) is 1.53. The van der Waals surface area contributed by atoms with Gasteiger partial charge in [-0.05, 0) is 29.5 Å². The summed E-state index contributed by atoms with van der Waals surface area (Å²) in [6.45, 7) is 2.47. The maximum absolute atomic E-state index is 13.0. The van der Waals surface area contributed by atoms with Crippen molar-refractivity contribution in [2.45, 2.75) is 25.8 Å². The molecule has 1 heterocycles. The lowest BCUT2D eigenvalue weighted by molar-refractivity contribution is -0.139. The number of aryl methyl sites for hydroxylation is 1. The molecule has 4 heteroatoms. The number of aliphatic hydroxyl groups excluding tert-OH is 1. The van der Waals surface area contributed by atoms with Crippen molar-refractivity contribution in [3.8, 4) is 0 Å². The highest BCUT2D eigenvalue weighted by molar-refractivity contribution is 6.46. The second kappa shape index (κ2) is 9.00. The van der Waals surface area contributed by atoms with Crippen molar-refractivity contribution >= 4 is 17.4 Å². The average Bonchev–Trinajstić information content (AvgIpc) is 3.08. The molecule has 1 N–H and O–H groups in total. The van der Waals surface area contributed by atoms with Crippen LogP contribution in [0.5, 0.6) is 0 Å². The molecule has 1 aliphatic rings. The Kier molecular flexibility index (Phi) is 5.99. The molecule has 0 aliphatic carbocycles. The fourth-order valence-electron chi connectivity index (χ4n) is 4.04. The molecule has 0 aromatic heterocycles. The summed E-state index contributed by atoms with van der Waals surface area (Å²) >= 11 is 0. The monoisotopic (exact) mass is 411 g/mol. The first-order valence-corrected chi connectivity index (χ1v) is 10.6. The lowest BCUT2D eigenvalue weighted by atomic mass is 9.94. The minimum Gasteiger partial charge on any atom is -0.507 e. The zero-order chi connectivity index (χ0) is 21.8. The van der Waals surface area contributed by atoms with Gasteiger partial charge in [0.1, 0.15) is 5.76 Å². The molecule has 1 saturated heterocycles. The predicted molar refractivity (Wildman–Crippen MR) is 121 cm³/mol. The van der Waals surface area contributed by atoms with Gasteiger partial charge in [0, 0.05) is 12.1 Å². The third-order valence-corrected chi connectivity index (χ3v) is 5.78. The van der Waals surface area contributed by atoms with Crippen molar-refractivity contribution in [1.82, 2.24) is 4.90 Å². The summed E-state index contributed by atoms with van der Waals surface area (Å²) in [5.41, 5.74) is 3.76. The number of ketones is 1. The Morgan fingerprint density at radius 2 is 1.45 bits per heavy atom. The first-order valence-electron chi connectivity index (χ1n) is 10.6. The first kappa shape index (κ1) is 20.6. The Labute approximate surface area is 182 Å². The molecule has 0 bridgehead atoms. The predicted octanol–water partition coefficient (Wildman–Crippen LogP) is 4.91. The third-order valence-electron chi connectivity index (χ3n) is 5.78. The number of nitrogens with zero attached hydrogens (tertiary/aromatic N) is 1. The molecule has 4 nitrogen and oxygen atoms in total. The topological polar surface area (TPSA) is 57.6 Å². The summed E-state index contributed by atoms with van der Waals surface area (Å²) in [7, 11) is 0. The third kappa shape index (κ3) is 4.15. The van der Waals surface area contributed by atoms with Crippen molar-refractivity contribution in [2.24, 2.45) is 0 Å². The SMILES string of the molecule is CCc1ccc(C2/C(=C(\O)c3ccccc3)C(=O)C(=O)N2CCc2ccccc2)cc1. The molecule has 3 aromatic rings. The summed E-state index contributed by atoms with van der Waals surface area (Å²) in [5, 5.41) is 11.0. The van der Waals surface area contributed by atoms with E-state index in [1.807, 2.05) is 60.7 Å². The molecule has 0 radical (unpaired) electrons. The number of aliphatic hydroxyl groups is 1. The van der Waals surface area contributed by atoms with Crippen LogP contribution in [0.2, 0.25) is 0 Å². The number of carbonyl (C=O) groups excluding carboxylic acids is 2. The molecule has 3 aromatic carbocycles. The Morgan fingerprint density at radius 3 is 2.06 bits per heavy atom. The van der Waals surface area contributed by atoms with E-state index in [-0.39, 0.29) is 11.3 Å². The maximum atomic E-state index is 13.0. The molecule has 31 heavy (non-hydrogen) atoms. The zero-order valence-corrected chi connectivity index (χ0v) is 17.5. The van der Waals surface area contributed by atoms with Crippen molar-refractivity contribution in [1.29, 1.82) is 0 Å². The van der Waals surface area contributed by atoms with Crippen LogP contribution < -0.4 is 0 Å². The van der Waals surface area contributed by atoms with Gasteiger partial charge in [0.05, 0.1) is 11.6 Å². The summed E-state index contributed by atoms with van der Waals surface area (Å²) in [5.74, 6) is -1.34. The summed E-state index contributed by atoms with van der Waals surface area (Å²) in [4.78, 5) is 27.6. The minimum atomic E-state index is -0.640. The molecular weight excluding hydrogens is 386 g/mol. The van der Waals surface area contributed by atoms with Gasteiger partial charge in [-0.1, -0.05) is 91.9 Å². The van der Waals surface area contributed by atoms with Gasteiger partial charge in [0.2, 0.25) is 0 Å². The normalized spacial score (nSPS) is 17.8. The van der Waals surface area contributed by atoms with Gasteiger partial charge >= 0.3 is 0 Å². The molecule has 1 unspecified atom stereocenters. The Bertz CT molecular complexity index is 1100.